The smallest absolute Gasteiger partial charge is 0.274 e. The van der Waals surface area contributed by atoms with Crippen LogP contribution in [0.4, 0.5) is 0 Å². The van der Waals surface area contributed by atoms with E-state index in [9.17, 15) is 9.59 Å². The van der Waals surface area contributed by atoms with Gasteiger partial charge >= 0.3 is 0 Å². The van der Waals surface area contributed by atoms with E-state index in [-0.39, 0.29) is 17.9 Å². The number of carbonyl (C=O) groups is 2. The highest BCUT2D eigenvalue weighted by Gasteiger charge is 2.34. The van der Waals surface area contributed by atoms with E-state index in [0.29, 0.717) is 38.2 Å². The second-order valence-corrected chi connectivity index (χ2v) is 7.98. The second-order valence-electron chi connectivity index (χ2n) is 7.98. The maximum atomic E-state index is 12.9. The van der Waals surface area contributed by atoms with Gasteiger partial charge < -0.3 is 9.80 Å². The van der Waals surface area contributed by atoms with Crippen molar-refractivity contribution in [2.75, 3.05) is 33.7 Å². The van der Waals surface area contributed by atoms with Crippen LogP contribution < -0.4 is 0 Å². The van der Waals surface area contributed by atoms with Crippen LogP contribution in [0.3, 0.4) is 0 Å². The average Bonchev–Trinajstić information content (AvgIpc) is 3.37. The predicted octanol–water partition coefficient (Wildman–Crippen LogP) is 1.10. The van der Waals surface area contributed by atoms with Gasteiger partial charge in [0.1, 0.15) is 0 Å². The topological polar surface area (TPSA) is 85.4 Å². The van der Waals surface area contributed by atoms with Gasteiger partial charge in [-0.15, -0.1) is 0 Å². The van der Waals surface area contributed by atoms with Gasteiger partial charge in [0.2, 0.25) is 5.91 Å². The van der Waals surface area contributed by atoms with Crippen molar-refractivity contribution in [1.82, 2.24) is 29.9 Å². The molecule has 0 radical (unpaired) electrons. The third-order valence-electron chi connectivity index (χ3n) is 6.03. The van der Waals surface area contributed by atoms with Crippen molar-refractivity contribution < 1.29 is 9.59 Å². The molecule has 2 aliphatic rings. The van der Waals surface area contributed by atoms with E-state index in [2.05, 4.69) is 20.1 Å². The minimum Gasteiger partial charge on any atom is -0.340 e. The highest BCUT2D eigenvalue weighted by molar-refractivity contribution is 5.94. The third kappa shape index (κ3) is 4.03. The number of rotatable bonds is 5. The molecule has 0 aromatic carbocycles. The number of aromatic amines is 1. The van der Waals surface area contributed by atoms with E-state index < -0.39 is 0 Å². The van der Waals surface area contributed by atoms with Gasteiger partial charge in [0.05, 0.1) is 18.3 Å². The SMILES string of the molecule is CN(CCc1ccccn1)C(=O)c1n[nH]c2c1CCN(C(=O)[C@@H]1CCCN1C)C2. The van der Waals surface area contributed by atoms with E-state index in [1.165, 1.54) is 0 Å². The second kappa shape index (κ2) is 8.32. The molecular formula is C21H28N6O2. The molecule has 2 amide bonds. The lowest BCUT2D eigenvalue weighted by molar-refractivity contribution is -0.136. The number of amides is 2. The first-order chi connectivity index (χ1) is 14.0. The molecule has 0 bridgehead atoms. The largest absolute Gasteiger partial charge is 0.340 e. The Hall–Kier alpha value is -2.74. The molecule has 0 aliphatic carbocycles. The van der Waals surface area contributed by atoms with Crippen LogP contribution in [-0.2, 0) is 24.2 Å². The minimum atomic E-state index is -0.0891. The fourth-order valence-electron chi connectivity index (χ4n) is 4.23. The zero-order valence-electron chi connectivity index (χ0n) is 17.1. The van der Waals surface area contributed by atoms with Crippen molar-refractivity contribution >= 4 is 11.8 Å². The van der Waals surface area contributed by atoms with Crippen LogP contribution in [0.1, 0.15) is 40.3 Å². The molecule has 8 heteroatoms. The Morgan fingerprint density at radius 2 is 2.17 bits per heavy atom. The van der Waals surface area contributed by atoms with Gasteiger partial charge in [0.15, 0.2) is 5.69 Å². The fourth-order valence-corrected chi connectivity index (χ4v) is 4.23. The zero-order valence-corrected chi connectivity index (χ0v) is 17.1. The zero-order chi connectivity index (χ0) is 20.4. The van der Waals surface area contributed by atoms with Crippen LogP contribution in [0.5, 0.6) is 0 Å². The quantitative estimate of drug-likeness (QED) is 0.818. The predicted molar refractivity (Wildman–Crippen MR) is 108 cm³/mol. The lowest BCUT2D eigenvalue weighted by Crippen LogP contribution is -2.46. The molecule has 2 aliphatic heterocycles. The monoisotopic (exact) mass is 396 g/mol. The maximum Gasteiger partial charge on any atom is 0.274 e. The Morgan fingerprint density at radius 1 is 1.31 bits per heavy atom. The summed E-state index contributed by atoms with van der Waals surface area (Å²) in [5.41, 5.74) is 3.27. The van der Waals surface area contributed by atoms with E-state index in [4.69, 9.17) is 0 Å². The number of nitrogens with one attached hydrogen (secondary N) is 1. The van der Waals surface area contributed by atoms with Crippen molar-refractivity contribution in [3.05, 3.63) is 47.0 Å². The van der Waals surface area contributed by atoms with E-state index >= 15 is 0 Å². The molecule has 0 unspecified atom stereocenters. The molecule has 4 rings (SSSR count). The van der Waals surface area contributed by atoms with Gasteiger partial charge in [0.25, 0.3) is 5.91 Å². The molecule has 2 aromatic rings. The summed E-state index contributed by atoms with van der Waals surface area (Å²) in [6.07, 6.45) is 5.11. The van der Waals surface area contributed by atoms with Crippen LogP contribution in [0.15, 0.2) is 24.4 Å². The molecule has 29 heavy (non-hydrogen) atoms. The summed E-state index contributed by atoms with van der Waals surface area (Å²) in [6, 6.07) is 5.78. The standard InChI is InChI=1S/C21H28N6O2/c1-25-11-5-7-18(25)20(28)27-13-9-16-17(14-27)23-24-19(16)21(29)26(2)12-8-15-6-3-4-10-22-15/h3-4,6,10,18H,5,7-9,11-14H2,1-2H3,(H,23,24)/t18-/m0/s1. The minimum absolute atomic E-state index is 0.0155. The van der Waals surface area contributed by atoms with Gasteiger partial charge in [-0.05, 0) is 45.0 Å². The van der Waals surface area contributed by atoms with E-state index in [1.807, 2.05) is 30.1 Å². The first-order valence-corrected chi connectivity index (χ1v) is 10.2. The van der Waals surface area contributed by atoms with E-state index in [1.54, 1.807) is 18.1 Å². The summed E-state index contributed by atoms with van der Waals surface area (Å²) in [5, 5.41) is 7.30. The molecule has 154 valence electrons. The lowest BCUT2D eigenvalue weighted by Gasteiger charge is -2.31. The Morgan fingerprint density at radius 3 is 2.90 bits per heavy atom. The van der Waals surface area contributed by atoms with Crippen molar-refractivity contribution in [3.63, 3.8) is 0 Å². The number of aromatic nitrogens is 3. The van der Waals surface area contributed by atoms with Crippen LogP contribution in [0, 0.1) is 0 Å². The molecule has 1 saturated heterocycles. The average molecular weight is 396 g/mol. The molecule has 2 aromatic heterocycles. The first kappa shape index (κ1) is 19.6. The summed E-state index contributed by atoms with van der Waals surface area (Å²) in [4.78, 5) is 35.8. The normalized spacial score (nSPS) is 19.2. The van der Waals surface area contributed by atoms with E-state index in [0.717, 1.165) is 36.3 Å². The van der Waals surface area contributed by atoms with Crippen LogP contribution >= 0.6 is 0 Å². The van der Waals surface area contributed by atoms with Crippen LogP contribution in [-0.4, -0.2) is 81.5 Å². The molecule has 1 atom stereocenters. The molecule has 0 saturated carbocycles. The Kier molecular flexibility index (Phi) is 5.62. The number of hydrogen-bond acceptors (Lipinski definition) is 5. The van der Waals surface area contributed by atoms with Crippen LogP contribution in [0.25, 0.3) is 0 Å². The fraction of sp³-hybridized carbons (Fsp3) is 0.524. The molecule has 1 N–H and O–H groups in total. The molecule has 4 heterocycles. The highest BCUT2D eigenvalue weighted by Crippen LogP contribution is 2.24. The Balaban J connectivity index is 1.39. The summed E-state index contributed by atoms with van der Waals surface area (Å²) >= 11 is 0. The lowest BCUT2D eigenvalue weighted by atomic mass is 10.0. The number of nitrogens with zero attached hydrogens (tertiary/aromatic N) is 5. The van der Waals surface area contributed by atoms with Gasteiger partial charge in [-0.1, -0.05) is 6.07 Å². The molecule has 0 spiro atoms. The molecular weight excluding hydrogens is 368 g/mol. The number of hydrogen-bond donors (Lipinski definition) is 1. The van der Waals surface area contributed by atoms with Crippen molar-refractivity contribution in [2.24, 2.45) is 0 Å². The summed E-state index contributed by atoms with van der Waals surface area (Å²) in [6.45, 7) is 2.68. The summed E-state index contributed by atoms with van der Waals surface area (Å²) in [7, 11) is 3.81. The summed E-state index contributed by atoms with van der Waals surface area (Å²) < 4.78 is 0. The van der Waals surface area contributed by atoms with Crippen LogP contribution in [0.2, 0.25) is 0 Å². The number of likely N-dealkylation sites (N-methyl/N-ethyl adjacent to an activating group) is 2. The number of carbonyl (C=O) groups excluding carboxylic acids is 2. The molecule has 8 nitrogen and oxygen atoms in total. The van der Waals surface area contributed by atoms with Crippen molar-refractivity contribution in [3.8, 4) is 0 Å². The van der Waals surface area contributed by atoms with Crippen molar-refractivity contribution in [2.45, 2.75) is 38.3 Å². The molecule has 1 fully saturated rings. The number of likely N-dealkylation sites (tertiary alicyclic amines) is 1. The first-order valence-electron chi connectivity index (χ1n) is 10.2. The van der Waals surface area contributed by atoms with Gasteiger partial charge in [-0.2, -0.15) is 5.10 Å². The Labute approximate surface area is 170 Å². The van der Waals surface area contributed by atoms with Gasteiger partial charge in [0, 0.05) is 44.0 Å². The van der Waals surface area contributed by atoms with Gasteiger partial charge in [-0.3, -0.25) is 24.6 Å². The van der Waals surface area contributed by atoms with Gasteiger partial charge in [-0.25, -0.2) is 0 Å². The summed E-state index contributed by atoms with van der Waals surface area (Å²) in [5.74, 6) is 0.0966. The maximum absolute atomic E-state index is 12.9. The number of pyridine rings is 1. The van der Waals surface area contributed by atoms with Crippen molar-refractivity contribution in [1.29, 1.82) is 0 Å². The highest BCUT2D eigenvalue weighted by atomic mass is 16.2. The third-order valence-corrected chi connectivity index (χ3v) is 6.03. The number of fused-ring (bicyclic) bond motifs is 1. The number of H-pyrrole nitrogens is 1. The Bertz CT molecular complexity index is 881.